The summed E-state index contributed by atoms with van der Waals surface area (Å²) >= 11 is 0. The third-order valence-electron chi connectivity index (χ3n) is 3.05. The lowest BCUT2D eigenvalue weighted by Crippen LogP contribution is -2.38. The van der Waals surface area contributed by atoms with Crippen molar-refractivity contribution in [3.05, 3.63) is 35.9 Å². The first-order chi connectivity index (χ1) is 8.19. The molecule has 0 radical (unpaired) electrons. The van der Waals surface area contributed by atoms with Gasteiger partial charge in [-0.3, -0.25) is 4.79 Å². The zero-order chi connectivity index (χ0) is 12.7. The second-order valence-corrected chi connectivity index (χ2v) is 4.20. The molecule has 0 saturated carbocycles. The van der Waals surface area contributed by atoms with Crippen molar-refractivity contribution in [3.8, 4) is 0 Å². The second kappa shape index (κ2) is 7.07. The van der Waals surface area contributed by atoms with Gasteiger partial charge in [0, 0.05) is 0 Å². The molecule has 0 heterocycles. The van der Waals surface area contributed by atoms with E-state index in [1.54, 1.807) is 0 Å². The second-order valence-electron chi connectivity index (χ2n) is 4.20. The average Bonchev–Trinajstić information content (AvgIpc) is 2.38. The SMILES string of the molecule is CCC(CC)[C@H](N)C(=O)OCc1ccccc1. The van der Waals surface area contributed by atoms with Gasteiger partial charge in [-0.05, 0) is 11.5 Å². The van der Waals surface area contributed by atoms with Gasteiger partial charge in [0.1, 0.15) is 12.6 Å². The molecule has 3 nitrogen and oxygen atoms in total. The molecule has 0 aromatic heterocycles. The molecule has 3 heteroatoms. The lowest BCUT2D eigenvalue weighted by atomic mass is 9.95. The molecule has 0 spiro atoms. The maximum atomic E-state index is 11.7. The number of benzene rings is 1. The molecule has 1 rings (SSSR count). The summed E-state index contributed by atoms with van der Waals surface area (Å²) < 4.78 is 5.21. The Balaban J connectivity index is 2.44. The van der Waals surface area contributed by atoms with Crippen molar-refractivity contribution in [2.24, 2.45) is 11.7 Å². The van der Waals surface area contributed by atoms with Crippen molar-refractivity contribution >= 4 is 5.97 Å². The van der Waals surface area contributed by atoms with Crippen LogP contribution in [0.3, 0.4) is 0 Å². The summed E-state index contributed by atoms with van der Waals surface area (Å²) in [5.74, 6) is -0.0965. The number of hydrogen-bond donors (Lipinski definition) is 1. The van der Waals surface area contributed by atoms with Crippen LogP contribution in [0.15, 0.2) is 30.3 Å². The predicted octanol–water partition coefficient (Wildman–Crippen LogP) is 2.49. The molecule has 1 aromatic carbocycles. The number of nitrogens with two attached hydrogens (primary N) is 1. The minimum atomic E-state index is -0.506. The van der Waals surface area contributed by atoms with Crippen molar-refractivity contribution < 1.29 is 9.53 Å². The van der Waals surface area contributed by atoms with Gasteiger partial charge in [-0.2, -0.15) is 0 Å². The van der Waals surface area contributed by atoms with Crippen LogP contribution in [0.25, 0.3) is 0 Å². The maximum absolute atomic E-state index is 11.7. The van der Waals surface area contributed by atoms with Gasteiger partial charge in [-0.15, -0.1) is 0 Å². The number of carbonyl (C=O) groups excluding carboxylic acids is 1. The summed E-state index contributed by atoms with van der Waals surface area (Å²) in [6, 6.07) is 9.12. The van der Waals surface area contributed by atoms with Crippen LogP contribution in [0.2, 0.25) is 0 Å². The van der Waals surface area contributed by atoms with E-state index < -0.39 is 6.04 Å². The number of rotatable bonds is 6. The van der Waals surface area contributed by atoms with E-state index in [1.807, 2.05) is 44.2 Å². The third-order valence-corrected chi connectivity index (χ3v) is 3.05. The van der Waals surface area contributed by atoms with Crippen molar-refractivity contribution in [1.82, 2.24) is 0 Å². The Kier molecular flexibility index (Phi) is 5.70. The molecule has 1 aromatic rings. The highest BCUT2D eigenvalue weighted by atomic mass is 16.5. The van der Waals surface area contributed by atoms with E-state index in [0.29, 0.717) is 6.61 Å². The molecule has 0 aliphatic carbocycles. The number of hydrogen-bond acceptors (Lipinski definition) is 3. The van der Waals surface area contributed by atoms with Crippen LogP contribution >= 0.6 is 0 Å². The fourth-order valence-electron chi connectivity index (χ4n) is 1.81. The van der Waals surface area contributed by atoms with Crippen LogP contribution in [-0.2, 0) is 16.1 Å². The topological polar surface area (TPSA) is 52.3 Å². The predicted molar refractivity (Wildman–Crippen MR) is 68.3 cm³/mol. The number of ether oxygens (including phenoxy) is 1. The van der Waals surface area contributed by atoms with Crippen molar-refractivity contribution in [1.29, 1.82) is 0 Å². The summed E-state index contributed by atoms with van der Waals surface area (Å²) in [5.41, 5.74) is 6.86. The molecule has 94 valence electrons. The summed E-state index contributed by atoms with van der Waals surface area (Å²) in [6.07, 6.45) is 1.80. The van der Waals surface area contributed by atoms with Gasteiger partial charge in [0.05, 0.1) is 0 Å². The minimum absolute atomic E-state index is 0.207. The fraction of sp³-hybridized carbons (Fsp3) is 0.500. The van der Waals surface area contributed by atoms with Gasteiger partial charge in [0.2, 0.25) is 0 Å². The molecule has 0 bridgehead atoms. The first kappa shape index (κ1) is 13.7. The van der Waals surface area contributed by atoms with E-state index in [1.165, 1.54) is 0 Å². The molecule has 0 amide bonds. The summed E-state index contributed by atoms with van der Waals surface area (Å²) in [6.45, 7) is 4.38. The van der Waals surface area contributed by atoms with Gasteiger partial charge < -0.3 is 10.5 Å². The van der Waals surface area contributed by atoms with Gasteiger partial charge in [0.25, 0.3) is 0 Å². The molecule has 17 heavy (non-hydrogen) atoms. The molecule has 2 N–H and O–H groups in total. The van der Waals surface area contributed by atoms with Crippen LogP contribution in [0.4, 0.5) is 0 Å². The van der Waals surface area contributed by atoms with Crippen LogP contribution in [-0.4, -0.2) is 12.0 Å². The van der Waals surface area contributed by atoms with E-state index in [2.05, 4.69) is 0 Å². The Morgan fingerprint density at radius 3 is 2.35 bits per heavy atom. The van der Waals surface area contributed by atoms with Gasteiger partial charge in [0.15, 0.2) is 0 Å². The highest BCUT2D eigenvalue weighted by Gasteiger charge is 2.22. The molecular weight excluding hydrogens is 214 g/mol. The summed E-state index contributed by atoms with van der Waals surface area (Å²) in [4.78, 5) is 11.7. The smallest absolute Gasteiger partial charge is 0.323 e. The Morgan fingerprint density at radius 2 is 1.82 bits per heavy atom. The molecule has 0 fully saturated rings. The average molecular weight is 235 g/mol. The maximum Gasteiger partial charge on any atom is 0.323 e. The zero-order valence-electron chi connectivity index (χ0n) is 10.6. The van der Waals surface area contributed by atoms with E-state index >= 15 is 0 Å². The normalized spacial score (nSPS) is 12.5. The monoisotopic (exact) mass is 235 g/mol. The first-order valence-corrected chi connectivity index (χ1v) is 6.15. The quantitative estimate of drug-likeness (QED) is 0.771. The van der Waals surface area contributed by atoms with E-state index in [0.717, 1.165) is 18.4 Å². The van der Waals surface area contributed by atoms with E-state index in [9.17, 15) is 4.79 Å². The largest absolute Gasteiger partial charge is 0.460 e. The van der Waals surface area contributed by atoms with Gasteiger partial charge in [-0.1, -0.05) is 57.0 Å². The Hall–Kier alpha value is -1.35. The zero-order valence-corrected chi connectivity index (χ0v) is 10.6. The molecule has 0 unspecified atom stereocenters. The van der Waals surface area contributed by atoms with Crippen molar-refractivity contribution in [2.45, 2.75) is 39.3 Å². The van der Waals surface area contributed by atoms with Gasteiger partial charge >= 0.3 is 5.97 Å². The van der Waals surface area contributed by atoms with Crippen LogP contribution in [0.1, 0.15) is 32.3 Å². The standard InChI is InChI=1S/C14H21NO2/c1-3-12(4-2)13(15)14(16)17-10-11-8-6-5-7-9-11/h5-9,12-13H,3-4,10,15H2,1-2H3/t13-/m0/s1. The minimum Gasteiger partial charge on any atom is -0.460 e. The molecule has 0 aliphatic heterocycles. The van der Waals surface area contributed by atoms with Crippen LogP contribution in [0, 0.1) is 5.92 Å². The van der Waals surface area contributed by atoms with Crippen molar-refractivity contribution in [3.63, 3.8) is 0 Å². The molecule has 0 aliphatic rings. The summed E-state index contributed by atoms with van der Waals surface area (Å²) in [5, 5.41) is 0. The summed E-state index contributed by atoms with van der Waals surface area (Å²) in [7, 11) is 0. The lowest BCUT2D eigenvalue weighted by Gasteiger charge is -2.19. The highest BCUT2D eigenvalue weighted by Crippen LogP contribution is 2.13. The van der Waals surface area contributed by atoms with Gasteiger partial charge in [-0.25, -0.2) is 0 Å². The first-order valence-electron chi connectivity index (χ1n) is 6.15. The van der Waals surface area contributed by atoms with Crippen molar-refractivity contribution in [2.75, 3.05) is 0 Å². The molecule has 0 saturated heterocycles. The molecular formula is C14H21NO2. The lowest BCUT2D eigenvalue weighted by molar-refractivity contribution is -0.148. The Bertz CT molecular complexity index is 333. The Morgan fingerprint density at radius 1 is 1.24 bits per heavy atom. The fourth-order valence-corrected chi connectivity index (χ4v) is 1.81. The van der Waals surface area contributed by atoms with Crippen LogP contribution in [0.5, 0.6) is 0 Å². The number of esters is 1. The Labute approximate surface area is 103 Å². The van der Waals surface area contributed by atoms with E-state index in [4.69, 9.17) is 10.5 Å². The number of carbonyl (C=O) groups is 1. The van der Waals surface area contributed by atoms with Crippen LogP contribution < -0.4 is 5.73 Å². The third kappa shape index (κ3) is 4.19. The van der Waals surface area contributed by atoms with E-state index in [-0.39, 0.29) is 11.9 Å². The highest BCUT2D eigenvalue weighted by molar-refractivity contribution is 5.75. The molecule has 1 atom stereocenters.